The Kier molecular flexibility index (Phi) is 1.96. The zero-order valence-corrected chi connectivity index (χ0v) is 8.28. The molecule has 2 aliphatic rings. The summed E-state index contributed by atoms with van der Waals surface area (Å²) in [5.74, 6) is 1.59. The van der Waals surface area contributed by atoms with Gasteiger partial charge in [-0.3, -0.25) is 5.01 Å². The van der Waals surface area contributed by atoms with Crippen molar-refractivity contribution in [1.29, 1.82) is 0 Å². The minimum Gasteiger partial charge on any atom is -0.265 e. The van der Waals surface area contributed by atoms with E-state index in [0.29, 0.717) is 5.92 Å². The van der Waals surface area contributed by atoms with Gasteiger partial charge in [0, 0.05) is 6.20 Å². The second-order valence-corrected chi connectivity index (χ2v) is 3.78. The highest BCUT2D eigenvalue weighted by molar-refractivity contribution is 5.96. The molecule has 70 valence electrons. The lowest BCUT2D eigenvalue weighted by molar-refractivity contribution is 0.394. The molecule has 0 aliphatic carbocycles. The Balaban J connectivity index is 2.25. The second kappa shape index (κ2) is 3.00. The van der Waals surface area contributed by atoms with Crippen LogP contribution in [-0.4, -0.2) is 17.0 Å². The summed E-state index contributed by atoms with van der Waals surface area (Å²) in [5, 5.41) is 1.97. The Morgan fingerprint density at radius 1 is 1.54 bits per heavy atom. The van der Waals surface area contributed by atoms with E-state index in [1.165, 1.54) is 5.57 Å². The minimum absolute atomic E-state index is 0.197. The average molecular weight is 177 g/mol. The fourth-order valence-electron chi connectivity index (χ4n) is 1.50. The van der Waals surface area contributed by atoms with E-state index in [1.54, 1.807) is 0 Å². The zero-order valence-electron chi connectivity index (χ0n) is 8.28. The van der Waals surface area contributed by atoms with E-state index in [1.807, 2.05) is 18.1 Å². The molecule has 0 fully saturated rings. The van der Waals surface area contributed by atoms with Gasteiger partial charge in [-0.05, 0) is 30.6 Å². The van der Waals surface area contributed by atoms with Gasteiger partial charge in [-0.15, -0.1) is 0 Å². The van der Waals surface area contributed by atoms with Crippen LogP contribution in [0.5, 0.6) is 0 Å². The molecule has 2 aliphatic heterocycles. The van der Waals surface area contributed by atoms with Gasteiger partial charge in [0.2, 0.25) is 0 Å². The van der Waals surface area contributed by atoms with Gasteiger partial charge in [0.05, 0.1) is 0 Å². The van der Waals surface area contributed by atoms with Crippen LogP contribution in [0.1, 0.15) is 20.8 Å². The van der Waals surface area contributed by atoms with Crippen molar-refractivity contribution in [2.24, 2.45) is 10.9 Å². The van der Waals surface area contributed by atoms with E-state index in [9.17, 15) is 0 Å². The number of aliphatic imine (C=N–C) groups is 1. The first kappa shape index (κ1) is 8.51. The van der Waals surface area contributed by atoms with Crippen LogP contribution < -0.4 is 5.43 Å². The van der Waals surface area contributed by atoms with Crippen molar-refractivity contribution in [1.82, 2.24) is 10.4 Å². The fourth-order valence-corrected chi connectivity index (χ4v) is 1.50. The SMILES string of the molecule is CC1N=C2C=C(C(C)C)C=CN2N1. The molecule has 13 heavy (non-hydrogen) atoms. The van der Waals surface area contributed by atoms with Crippen molar-refractivity contribution in [3.8, 4) is 0 Å². The molecule has 0 saturated carbocycles. The topological polar surface area (TPSA) is 27.6 Å². The largest absolute Gasteiger partial charge is 0.265 e. The Morgan fingerprint density at radius 2 is 2.31 bits per heavy atom. The fraction of sp³-hybridized carbons (Fsp3) is 0.500. The summed E-state index contributed by atoms with van der Waals surface area (Å²) >= 11 is 0. The summed E-state index contributed by atoms with van der Waals surface area (Å²) in [6.07, 6.45) is 6.51. The molecule has 0 bridgehead atoms. The Bertz CT molecular complexity index is 299. The number of allylic oxidation sites excluding steroid dienone is 2. The van der Waals surface area contributed by atoms with Gasteiger partial charge in [-0.25, -0.2) is 10.4 Å². The molecular formula is C10H15N3. The molecule has 1 unspecified atom stereocenters. The second-order valence-electron chi connectivity index (χ2n) is 3.78. The predicted octanol–water partition coefficient (Wildman–Crippen LogP) is 1.66. The zero-order chi connectivity index (χ0) is 9.42. The number of hydrogen-bond donors (Lipinski definition) is 1. The molecule has 2 rings (SSSR count). The van der Waals surface area contributed by atoms with Crippen molar-refractivity contribution in [3.05, 3.63) is 23.9 Å². The van der Waals surface area contributed by atoms with Crippen LogP contribution >= 0.6 is 0 Å². The van der Waals surface area contributed by atoms with Crippen LogP contribution in [0.15, 0.2) is 28.9 Å². The number of nitrogens with one attached hydrogen (secondary N) is 1. The molecule has 1 N–H and O–H groups in total. The van der Waals surface area contributed by atoms with E-state index in [-0.39, 0.29) is 6.17 Å². The molecule has 1 atom stereocenters. The van der Waals surface area contributed by atoms with E-state index < -0.39 is 0 Å². The van der Waals surface area contributed by atoms with Gasteiger partial charge in [0.15, 0.2) is 0 Å². The van der Waals surface area contributed by atoms with Gasteiger partial charge in [0.1, 0.15) is 12.0 Å². The standard InChI is InChI=1S/C10H15N3/c1-7(2)9-4-5-13-10(6-9)11-8(3)12-13/h4-8,12H,1-3H3. The summed E-state index contributed by atoms with van der Waals surface area (Å²) in [4.78, 5) is 4.45. The van der Waals surface area contributed by atoms with Gasteiger partial charge >= 0.3 is 0 Å². The average Bonchev–Trinajstić information content (AvgIpc) is 2.42. The maximum absolute atomic E-state index is 4.45. The maximum Gasteiger partial charge on any atom is 0.144 e. The lowest BCUT2D eigenvalue weighted by Gasteiger charge is -2.20. The first-order chi connectivity index (χ1) is 6.16. The normalized spacial score (nSPS) is 26.2. The highest BCUT2D eigenvalue weighted by Crippen LogP contribution is 2.18. The highest BCUT2D eigenvalue weighted by atomic mass is 15.6. The van der Waals surface area contributed by atoms with Crippen LogP contribution in [0.4, 0.5) is 0 Å². The smallest absolute Gasteiger partial charge is 0.144 e. The van der Waals surface area contributed by atoms with Crippen LogP contribution in [0.3, 0.4) is 0 Å². The van der Waals surface area contributed by atoms with Crippen LogP contribution in [0.2, 0.25) is 0 Å². The molecule has 0 amide bonds. The monoisotopic (exact) mass is 177 g/mol. The van der Waals surface area contributed by atoms with E-state index >= 15 is 0 Å². The Morgan fingerprint density at radius 3 is 3.00 bits per heavy atom. The van der Waals surface area contributed by atoms with Crippen molar-refractivity contribution < 1.29 is 0 Å². The summed E-state index contributed by atoms with van der Waals surface area (Å²) in [6, 6.07) is 0. The van der Waals surface area contributed by atoms with Crippen molar-refractivity contribution in [2.45, 2.75) is 26.9 Å². The molecule has 0 aromatic rings. The lowest BCUT2D eigenvalue weighted by atomic mass is 10.0. The van der Waals surface area contributed by atoms with E-state index in [2.05, 4.69) is 36.4 Å². The first-order valence-electron chi connectivity index (χ1n) is 4.70. The number of nitrogens with zero attached hydrogens (tertiary/aromatic N) is 2. The van der Waals surface area contributed by atoms with Gasteiger partial charge in [-0.2, -0.15) is 0 Å². The van der Waals surface area contributed by atoms with Gasteiger partial charge < -0.3 is 0 Å². The summed E-state index contributed by atoms with van der Waals surface area (Å²) in [5.41, 5.74) is 4.55. The third-order valence-corrected chi connectivity index (χ3v) is 2.28. The highest BCUT2D eigenvalue weighted by Gasteiger charge is 2.20. The molecule has 0 saturated heterocycles. The molecule has 3 heteroatoms. The summed E-state index contributed by atoms with van der Waals surface area (Å²) in [6.45, 7) is 6.43. The first-order valence-corrected chi connectivity index (χ1v) is 4.70. The number of amidine groups is 1. The molecule has 0 radical (unpaired) electrons. The number of hydrazine groups is 1. The Labute approximate surface area is 78.8 Å². The third kappa shape index (κ3) is 1.52. The number of hydrogen-bond acceptors (Lipinski definition) is 3. The van der Waals surface area contributed by atoms with E-state index in [0.717, 1.165) is 5.84 Å². The van der Waals surface area contributed by atoms with Crippen LogP contribution in [0, 0.1) is 5.92 Å². The summed E-state index contributed by atoms with van der Waals surface area (Å²) < 4.78 is 0. The Hall–Kier alpha value is -1.09. The number of fused-ring (bicyclic) bond motifs is 1. The maximum atomic E-state index is 4.45. The van der Waals surface area contributed by atoms with E-state index in [4.69, 9.17) is 0 Å². The van der Waals surface area contributed by atoms with Crippen molar-refractivity contribution in [2.75, 3.05) is 0 Å². The molecule has 0 spiro atoms. The summed E-state index contributed by atoms with van der Waals surface area (Å²) in [7, 11) is 0. The van der Waals surface area contributed by atoms with Crippen LogP contribution in [-0.2, 0) is 0 Å². The molecule has 0 aromatic heterocycles. The third-order valence-electron chi connectivity index (χ3n) is 2.28. The quantitative estimate of drug-likeness (QED) is 0.659. The molecule has 2 heterocycles. The van der Waals surface area contributed by atoms with Crippen molar-refractivity contribution in [3.63, 3.8) is 0 Å². The lowest BCUT2D eigenvalue weighted by Crippen LogP contribution is -2.35. The van der Waals surface area contributed by atoms with Crippen molar-refractivity contribution >= 4 is 5.84 Å². The molecule has 0 aromatic carbocycles. The minimum atomic E-state index is 0.197. The molecular weight excluding hydrogens is 162 g/mol. The van der Waals surface area contributed by atoms with Gasteiger partial charge in [0.25, 0.3) is 0 Å². The number of rotatable bonds is 1. The van der Waals surface area contributed by atoms with Gasteiger partial charge in [-0.1, -0.05) is 13.8 Å². The predicted molar refractivity (Wildman–Crippen MR) is 53.9 cm³/mol. The molecule has 3 nitrogen and oxygen atoms in total. The van der Waals surface area contributed by atoms with Crippen LogP contribution in [0.25, 0.3) is 0 Å².